The summed E-state index contributed by atoms with van der Waals surface area (Å²) in [5, 5.41) is 8.02. The van der Waals surface area contributed by atoms with E-state index in [1.165, 1.54) is 6.92 Å². The predicted octanol–water partition coefficient (Wildman–Crippen LogP) is 0.229. The predicted molar refractivity (Wildman–Crippen MR) is 50.9 cm³/mol. The molecular formula is C8H17NO3S. The first-order valence-corrected chi connectivity index (χ1v) is 6.23. The van der Waals surface area contributed by atoms with E-state index < -0.39 is 15.3 Å². The van der Waals surface area contributed by atoms with Crippen molar-refractivity contribution in [2.75, 3.05) is 6.61 Å². The SMILES string of the molecule is CC(CO)S(=O)(=O)NC1CCCC1. The maximum absolute atomic E-state index is 11.4. The van der Waals surface area contributed by atoms with Gasteiger partial charge in [-0.2, -0.15) is 0 Å². The molecular weight excluding hydrogens is 190 g/mol. The highest BCUT2D eigenvalue weighted by molar-refractivity contribution is 7.90. The van der Waals surface area contributed by atoms with Gasteiger partial charge in [0.05, 0.1) is 11.9 Å². The second kappa shape index (κ2) is 4.39. The van der Waals surface area contributed by atoms with Gasteiger partial charge in [-0.15, -0.1) is 0 Å². The topological polar surface area (TPSA) is 66.4 Å². The summed E-state index contributed by atoms with van der Waals surface area (Å²) < 4.78 is 25.5. The molecule has 0 saturated heterocycles. The third-order valence-corrected chi connectivity index (χ3v) is 4.34. The lowest BCUT2D eigenvalue weighted by Gasteiger charge is -2.15. The number of hydrogen-bond donors (Lipinski definition) is 2. The molecule has 0 heterocycles. The molecule has 0 aliphatic heterocycles. The monoisotopic (exact) mass is 207 g/mol. The number of aliphatic hydroxyl groups excluding tert-OH is 1. The molecule has 0 bridgehead atoms. The van der Waals surface area contributed by atoms with Crippen LogP contribution in [-0.4, -0.2) is 31.4 Å². The zero-order valence-electron chi connectivity index (χ0n) is 7.86. The Bertz CT molecular complexity index is 244. The lowest BCUT2D eigenvalue weighted by atomic mass is 10.3. The van der Waals surface area contributed by atoms with Crippen LogP contribution in [0.15, 0.2) is 0 Å². The Kier molecular flexibility index (Phi) is 3.70. The molecule has 1 aliphatic carbocycles. The second-order valence-electron chi connectivity index (χ2n) is 3.64. The van der Waals surface area contributed by atoms with Crippen LogP contribution in [0.3, 0.4) is 0 Å². The molecule has 0 aromatic heterocycles. The Labute approximate surface area is 79.4 Å². The molecule has 4 nitrogen and oxygen atoms in total. The van der Waals surface area contributed by atoms with Crippen molar-refractivity contribution in [1.82, 2.24) is 4.72 Å². The highest BCUT2D eigenvalue weighted by atomic mass is 32.2. The van der Waals surface area contributed by atoms with E-state index in [0.29, 0.717) is 0 Å². The summed E-state index contributed by atoms with van der Waals surface area (Å²) in [6.45, 7) is 1.19. The lowest BCUT2D eigenvalue weighted by molar-refractivity contribution is 0.294. The Morgan fingerprint density at radius 2 is 2.00 bits per heavy atom. The Hall–Kier alpha value is -0.130. The average Bonchev–Trinajstić information content (AvgIpc) is 2.54. The van der Waals surface area contributed by atoms with Crippen LogP contribution in [-0.2, 0) is 10.0 Å². The van der Waals surface area contributed by atoms with Crippen molar-refractivity contribution in [1.29, 1.82) is 0 Å². The van der Waals surface area contributed by atoms with Crippen LogP contribution in [0.2, 0.25) is 0 Å². The van der Waals surface area contributed by atoms with E-state index in [4.69, 9.17) is 5.11 Å². The standard InChI is InChI=1S/C8H17NO3S/c1-7(6-10)13(11,12)9-8-4-2-3-5-8/h7-10H,2-6H2,1H3. The fourth-order valence-electron chi connectivity index (χ4n) is 1.49. The van der Waals surface area contributed by atoms with Gasteiger partial charge in [0.15, 0.2) is 0 Å². The average molecular weight is 207 g/mol. The van der Waals surface area contributed by atoms with Crippen LogP contribution in [0.5, 0.6) is 0 Å². The van der Waals surface area contributed by atoms with Crippen molar-refractivity contribution in [3.8, 4) is 0 Å². The quantitative estimate of drug-likeness (QED) is 0.693. The van der Waals surface area contributed by atoms with Crippen molar-refractivity contribution in [2.24, 2.45) is 0 Å². The molecule has 1 fully saturated rings. The van der Waals surface area contributed by atoms with E-state index in [1.807, 2.05) is 0 Å². The minimum atomic E-state index is -3.29. The van der Waals surface area contributed by atoms with Crippen molar-refractivity contribution in [2.45, 2.75) is 43.9 Å². The van der Waals surface area contributed by atoms with E-state index >= 15 is 0 Å². The molecule has 0 spiro atoms. The van der Waals surface area contributed by atoms with Gasteiger partial charge in [-0.25, -0.2) is 13.1 Å². The minimum absolute atomic E-state index is 0.0963. The maximum atomic E-state index is 11.4. The number of nitrogens with one attached hydrogen (secondary N) is 1. The summed E-state index contributed by atoms with van der Waals surface area (Å²) in [7, 11) is -3.29. The fourth-order valence-corrected chi connectivity index (χ4v) is 2.62. The normalized spacial score (nSPS) is 22.0. The van der Waals surface area contributed by atoms with E-state index in [9.17, 15) is 8.42 Å². The largest absolute Gasteiger partial charge is 0.395 e. The molecule has 5 heteroatoms. The van der Waals surface area contributed by atoms with Crippen LogP contribution in [0.1, 0.15) is 32.6 Å². The van der Waals surface area contributed by atoms with E-state index in [1.54, 1.807) is 0 Å². The summed E-state index contributed by atoms with van der Waals surface area (Å²) in [5.41, 5.74) is 0. The van der Waals surface area contributed by atoms with Gasteiger partial charge in [-0.05, 0) is 19.8 Å². The van der Waals surface area contributed by atoms with Crippen molar-refractivity contribution in [3.63, 3.8) is 0 Å². The Balaban J connectivity index is 2.50. The molecule has 0 aromatic rings. The molecule has 13 heavy (non-hydrogen) atoms. The van der Waals surface area contributed by atoms with Crippen LogP contribution >= 0.6 is 0 Å². The maximum Gasteiger partial charge on any atom is 0.216 e. The van der Waals surface area contributed by atoms with Gasteiger partial charge in [0.2, 0.25) is 10.0 Å². The number of sulfonamides is 1. The lowest BCUT2D eigenvalue weighted by Crippen LogP contribution is -2.39. The highest BCUT2D eigenvalue weighted by Crippen LogP contribution is 2.18. The third-order valence-electron chi connectivity index (χ3n) is 2.47. The molecule has 0 amide bonds. The first kappa shape index (κ1) is 10.9. The van der Waals surface area contributed by atoms with Gasteiger partial charge >= 0.3 is 0 Å². The molecule has 1 unspecified atom stereocenters. The zero-order valence-corrected chi connectivity index (χ0v) is 8.68. The van der Waals surface area contributed by atoms with Crippen LogP contribution < -0.4 is 4.72 Å². The van der Waals surface area contributed by atoms with Crippen LogP contribution in [0, 0.1) is 0 Å². The molecule has 0 aromatic carbocycles. The molecule has 78 valence electrons. The van der Waals surface area contributed by atoms with Crippen LogP contribution in [0.25, 0.3) is 0 Å². The van der Waals surface area contributed by atoms with Crippen LogP contribution in [0.4, 0.5) is 0 Å². The molecule has 2 N–H and O–H groups in total. The first-order chi connectivity index (χ1) is 6.06. The summed E-state index contributed by atoms with van der Waals surface area (Å²) >= 11 is 0. The van der Waals surface area contributed by atoms with E-state index in [-0.39, 0.29) is 12.6 Å². The van der Waals surface area contributed by atoms with Crippen molar-refractivity contribution in [3.05, 3.63) is 0 Å². The molecule has 1 atom stereocenters. The number of aliphatic hydroxyl groups is 1. The number of hydrogen-bond acceptors (Lipinski definition) is 3. The van der Waals surface area contributed by atoms with Gasteiger partial charge in [0, 0.05) is 6.04 Å². The summed E-state index contributed by atoms with van der Waals surface area (Å²) in [6.07, 6.45) is 4.05. The van der Waals surface area contributed by atoms with Crippen molar-refractivity contribution >= 4 is 10.0 Å². The molecule has 0 radical (unpaired) electrons. The highest BCUT2D eigenvalue weighted by Gasteiger charge is 2.25. The fraction of sp³-hybridized carbons (Fsp3) is 1.00. The van der Waals surface area contributed by atoms with Gasteiger partial charge < -0.3 is 5.11 Å². The molecule has 1 rings (SSSR count). The Morgan fingerprint density at radius 1 is 1.46 bits per heavy atom. The minimum Gasteiger partial charge on any atom is -0.395 e. The van der Waals surface area contributed by atoms with Crippen molar-refractivity contribution < 1.29 is 13.5 Å². The van der Waals surface area contributed by atoms with Gasteiger partial charge in [0.1, 0.15) is 0 Å². The molecule has 1 aliphatic rings. The van der Waals surface area contributed by atoms with Gasteiger partial charge in [0.25, 0.3) is 0 Å². The molecule has 1 saturated carbocycles. The first-order valence-electron chi connectivity index (χ1n) is 4.68. The van der Waals surface area contributed by atoms with E-state index in [0.717, 1.165) is 25.7 Å². The Morgan fingerprint density at radius 3 is 2.46 bits per heavy atom. The van der Waals surface area contributed by atoms with E-state index in [2.05, 4.69) is 4.72 Å². The smallest absolute Gasteiger partial charge is 0.216 e. The zero-order chi connectivity index (χ0) is 9.90. The second-order valence-corrected chi connectivity index (χ2v) is 5.77. The third kappa shape index (κ3) is 2.93. The summed E-state index contributed by atoms with van der Waals surface area (Å²) in [4.78, 5) is 0. The number of rotatable bonds is 4. The summed E-state index contributed by atoms with van der Waals surface area (Å²) in [6, 6.07) is 0.0963. The van der Waals surface area contributed by atoms with Gasteiger partial charge in [-0.3, -0.25) is 0 Å². The summed E-state index contributed by atoms with van der Waals surface area (Å²) in [5.74, 6) is 0. The van der Waals surface area contributed by atoms with Gasteiger partial charge in [-0.1, -0.05) is 12.8 Å².